The number of aromatic carboxylic acids is 1. The molecule has 1 aromatic heterocycles. The first-order chi connectivity index (χ1) is 13.8. The fraction of sp³-hybridized carbons (Fsp3) is 0.200. The van der Waals surface area contributed by atoms with Gasteiger partial charge >= 0.3 is 11.9 Å². The number of carboxylic acids is 1. The summed E-state index contributed by atoms with van der Waals surface area (Å²) < 4.78 is 10.5. The number of imide groups is 1. The Bertz CT molecular complexity index is 1020. The van der Waals surface area contributed by atoms with Crippen LogP contribution in [0.2, 0.25) is 0 Å². The molecule has 0 spiro atoms. The van der Waals surface area contributed by atoms with E-state index in [1.807, 2.05) is 0 Å². The summed E-state index contributed by atoms with van der Waals surface area (Å²) in [6.45, 7) is 3.20. The van der Waals surface area contributed by atoms with Crippen LogP contribution in [0.25, 0.3) is 17.4 Å². The lowest BCUT2D eigenvalue weighted by Gasteiger charge is -2.19. The molecule has 1 saturated heterocycles. The second-order valence-electron chi connectivity index (χ2n) is 6.03. The summed E-state index contributed by atoms with van der Waals surface area (Å²) in [5, 5.41) is 8.73. The van der Waals surface area contributed by atoms with E-state index in [0.717, 1.165) is 4.90 Å². The Kier molecular flexibility index (Phi) is 5.88. The van der Waals surface area contributed by atoms with E-state index in [1.54, 1.807) is 37.3 Å². The fourth-order valence-electron chi connectivity index (χ4n) is 2.77. The number of esters is 1. The molecule has 1 atom stereocenters. The van der Waals surface area contributed by atoms with Gasteiger partial charge in [-0.15, -0.1) is 0 Å². The second kappa shape index (κ2) is 8.36. The lowest BCUT2D eigenvalue weighted by Crippen LogP contribution is -2.42. The topological polar surface area (TPSA) is 114 Å². The van der Waals surface area contributed by atoms with Crippen LogP contribution in [0.4, 0.5) is 4.79 Å². The number of carbonyl (C=O) groups is 4. The van der Waals surface area contributed by atoms with Crippen LogP contribution in [0.3, 0.4) is 0 Å². The van der Waals surface area contributed by atoms with Crippen molar-refractivity contribution in [2.45, 2.75) is 19.9 Å². The summed E-state index contributed by atoms with van der Waals surface area (Å²) in [4.78, 5) is 49.0. The molecule has 1 N–H and O–H groups in total. The number of rotatable bonds is 6. The largest absolute Gasteiger partial charge is 0.478 e. The van der Waals surface area contributed by atoms with Crippen molar-refractivity contribution < 1.29 is 33.4 Å². The highest BCUT2D eigenvalue weighted by atomic mass is 32.2. The van der Waals surface area contributed by atoms with E-state index in [9.17, 15) is 24.3 Å². The molecule has 29 heavy (non-hydrogen) atoms. The lowest BCUT2D eigenvalue weighted by atomic mass is 10.1. The van der Waals surface area contributed by atoms with Gasteiger partial charge < -0.3 is 14.3 Å². The molecule has 1 fully saturated rings. The average molecular weight is 415 g/mol. The van der Waals surface area contributed by atoms with E-state index in [-0.39, 0.29) is 22.8 Å². The first-order valence-corrected chi connectivity index (χ1v) is 9.51. The number of hydrogen-bond acceptors (Lipinski definition) is 7. The van der Waals surface area contributed by atoms with Gasteiger partial charge in [0.05, 0.1) is 17.1 Å². The first kappa shape index (κ1) is 20.4. The standard InChI is InChI=1S/C20H17NO7S/c1-3-27-19(25)11(2)21-17(22)16(29-20(21)26)10-12-8-9-15(28-12)13-6-4-5-7-14(13)18(23)24/h4-11H,3H2,1-2H3,(H,23,24)/t11-/m1/s1. The van der Waals surface area contributed by atoms with Gasteiger partial charge in [-0.25, -0.2) is 9.59 Å². The Labute approximate surface area is 170 Å². The molecule has 0 radical (unpaired) electrons. The molecule has 0 unspecified atom stereocenters. The van der Waals surface area contributed by atoms with Gasteiger partial charge in [-0.2, -0.15) is 0 Å². The third-order valence-corrected chi connectivity index (χ3v) is 5.05. The second-order valence-corrected chi connectivity index (χ2v) is 7.03. The van der Waals surface area contributed by atoms with Gasteiger partial charge in [0.2, 0.25) is 0 Å². The third-order valence-electron chi connectivity index (χ3n) is 4.16. The minimum atomic E-state index is -1.09. The molecule has 9 heteroatoms. The lowest BCUT2D eigenvalue weighted by molar-refractivity contribution is -0.150. The van der Waals surface area contributed by atoms with Crippen molar-refractivity contribution in [3.63, 3.8) is 0 Å². The van der Waals surface area contributed by atoms with E-state index in [4.69, 9.17) is 9.15 Å². The SMILES string of the molecule is CCOC(=O)[C@@H](C)N1C(=O)SC(=Cc2ccc(-c3ccccc3C(=O)O)o2)C1=O. The van der Waals surface area contributed by atoms with E-state index in [1.165, 1.54) is 19.1 Å². The summed E-state index contributed by atoms with van der Waals surface area (Å²) in [5.74, 6) is -1.79. The van der Waals surface area contributed by atoms with Gasteiger partial charge in [0, 0.05) is 11.6 Å². The molecule has 0 bridgehead atoms. The number of amides is 2. The summed E-state index contributed by atoms with van der Waals surface area (Å²) in [5.41, 5.74) is 0.473. The summed E-state index contributed by atoms with van der Waals surface area (Å²) in [6, 6.07) is 8.48. The number of carbonyl (C=O) groups excluding carboxylic acids is 3. The van der Waals surface area contributed by atoms with Gasteiger partial charge in [0.15, 0.2) is 0 Å². The smallest absolute Gasteiger partial charge is 0.336 e. The number of carboxylic acid groups (broad SMARTS) is 1. The zero-order valence-corrected chi connectivity index (χ0v) is 16.4. The Morgan fingerprint density at radius 2 is 1.97 bits per heavy atom. The summed E-state index contributed by atoms with van der Waals surface area (Å²) in [6.07, 6.45) is 1.38. The van der Waals surface area contributed by atoms with Crippen LogP contribution in [-0.2, 0) is 14.3 Å². The zero-order valence-electron chi connectivity index (χ0n) is 15.6. The Morgan fingerprint density at radius 1 is 1.24 bits per heavy atom. The van der Waals surface area contributed by atoms with Crippen molar-refractivity contribution in [1.82, 2.24) is 4.90 Å². The van der Waals surface area contributed by atoms with E-state index in [0.29, 0.717) is 23.1 Å². The number of benzene rings is 1. The zero-order chi connectivity index (χ0) is 21.1. The van der Waals surface area contributed by atoms with Crippen LogP contribution in [0.15, 0.2) is 45.7 Å². The molecule has 1 aliphatic rings. The molecule has 0 aliphatic carbocycles. The van der Waals surface area contributed by atoms with Gasteiger partial charge in [-0.1, -0.05) is 18.2 Å². The number of nitrogens with zero attached hydrogens (tertiary/aromatic N) is 1. The van der Waals surface area contributed by atoms with E-state index < -0.39 is 29.1 Å². The predicted molar refractivity (Wildman–Crippen MR) is 105 cm³/mol. The molecule has 2 heterocycles. The van der Waals surface area contributed by atoms with Crippen molar-refractivity contribution >= 4 is 40.9 Å². The number of furan rings is 1. The van der Waals surface area contributed by atoms with Crippen LogP contribution in [-0.4, -0.2) is 45.7 Å². The summed E-state index contributed by atoms with van der Waals surface area (Å²) >= 11 is 0.690. The molecular weight excluding hydrogens is 398 g/mol. The Balaban J connectivity index is 1.86. The number of hydrogen-bond donors (Lipinski definition) is 1. The molecule has 1 aliphatic heterocycles. The average Bonchev–Trinajstić information content (AvgIpc) is 3.26. The van der Waals surface area contributed by atoms with Crippen molar-refractivity contribution in [3.8, 4) is 11.3 Å². The van der Waals surface area contributed by atoms with Crippen molar-refractivity contribution in [1.29, 1.82) is 0 Å². The maximum absolute atomic E-state index is 12.6. The van der Waals surface area contributed by atoms with Crippen molar-refractivity contribution in [2.24, 2.45) is 0 Å². The van der Waals surface area contributed by atoms with Crippen LogP contribution in [0, 0.1) is 0 Å². The molecule has 3 rings (SSSR count). The van der Waals surface area contributed by atoms with E-state index >= 15 is 0 Å². The minimum Gasteiger partial charge on any atom is -0.478 e. The normalized spacial score (nSPS) is 16.3. The third kappa shape index (κ3) is 4.09. The maximum atomic E-state index is 12.6. The van der Waals surface area contributed by atoms with Crippen molar-refractivity contribution in [2.75, 3.05) is 6.61 Å². The first-order valence-electron chi connectivity index (χ1n) is 8.69. The molecule has 0 saturated carbocycles. The van der Waals surface area contributed by atoms with Crippen LogP contribution >= 0.6 is 11.8 Å². The predicted octanol–water partition coefficient (Wildman–Crippen LogP) is 3.63. The van der Waals surface area contributed by atoms with Crippen LogP contribution in [0.1, 0.15) is 30.0 Å². The van der Waals surface area contributed by atoms with Gasteiger partial charge in [-0.3, -0.25) is 14.5 Å². The number of ether oxygens (including phenoxy) is 1. The molecule has 1 aromatic carbocycles. The van der Waals surface area contributed by atoms with Gasteiger partial charge in [-0.05, 0) is 43.8 Å². The number of thioether (sulfide) groups is 1. The molecule has 2 aromatic rings. The van der Waals surface area contributed by atoms with Gasteiger partial charge in [0.25, 0.3) is 11.1 Å². The molecule has 150 valence electrons. The quantitative estimate of drug-likeness (QED) is 0.562. The van der Waals surface area contributed by atoms with Crippen LogP contribution in [0.5, 0.6) is 0 Å². The van der Waals surface area contributed by atoms with Gasteiger partial charge in [0.1, 0.15) is 17.6 Å². The minimum absolute atomic E-state index is 0.0805. The molecule has 8 nitrogen and oxygen atoms in total. The maximum Gasteiger partial charge on any atom is 0.336 e. The molecule has 2 amide bonds. The monoisotopic (exact) mass is 415 g/mol. The summed E-state index contributed by atoms with van der Waals surface area (Å²) in [7, 11) is 0. The highest BCUT2D eigenvalue weighted by molar-refractivity contribution is 8.18. The highest BCUT2D eigenvalue weighted by Crippen LogP contribution is 2.35. The van der Waals surface area contributed by atoms with Crippen LogP contribution < -0.4 is 0 Å². The molecular formula is C20H17NO7S. The van der Waals surface area contributed by atoms with E-state index in [2.05, 4.69) is 0 Å². The highest BCUT2D eigenvalue weighted by Gasteiger charge is 2.41. The Hall–Kier alpha value is -3.33. The van der Waals surface area contributed by atoms with Crippen molar-refractivity contribution in [3.05, 3.63) is 52.6 Å². The Morgan fingerprint density at radius 3 is 2.66 bits per heavy atom. The fourth-order valence-corrected chi connectivity index (χ4v) is 3.66.